The van der Waals surface area contributed by atoms with Crippen LogP contribution in [0.1, 0.15) is 27.2 Å². The van der Waals surface area contributed by atoms with Crippen LogP contribution in [-0.4, -0.2) is 64.3 Å². The number of carbonyl (C=O) groups is 2. The zero-order chi connectivity index (χ0) is 16.4. The molecule has 1 unspecified atom stereocenters. The van der Waals surface area contributed by atoms with Crippen molar-refractivity contribution in [1.29, 1.82) is 0 Å². The van der Waals surface area contributed by atoms with Crippen LogP contribution in [0.5, 0.6) is 0 Å². The molecule has 0 aliphatic heterocycles. The first kappa shape index (κ1) is 23.9. The molecule has 20 heavy (non-hydrogen) atoms. The Hall–Kier alpha value is -1.18. The lowest BCUT2D eigenvalue weighted by Crippen LogP contribution is -2.12. The summed E-state index contributed by atoms with van der Waals surface area (Å²) in [5.41, 5.74) is 0. The molecule has 0 aliphatic rings. The molecule has 0 saturated heterocycles. The van der Waals surface area contributed by atoms with Crippen molar-refractivity contribution in [2.24, 2.45) is 0 Å². The molecule has 7 nitrogen and oxygen atoms in total. The smallest absolute Gasteiger partial charge is 0.302 e. The van der Waals surface area contributed by atoms with Gasteiger partial charge < -0.3 is 24.1 Å². The summed E-state index contributed by atoms with van der Waals surface area (Å²) in [6.07, 6.45) is 0.217. The Morgan fingerprint density at radius 2 is 1.45 bits per heavy atom. The summed E-state index contributed by atoms with van der Waals surface area (Å²) in [5.74, 6) is -0.586. The van der Waals surface area contributed by atoms with E-state index in [0.717, 1.165) is 6.42 Å². The van der Waals surface area contributed by atoms with E-state index in [1.165, 1.54) is 13.8 Å². The van der Waals surface area contributed by atoms with E-state index in [1.807, 2.05) is 0 Å². The Bertz CT molecular complexity index is 217. The molecule has 122 valence electrons. The Balaban J connectivity index is -0.000000243. The fraction of sp³-hybridized carbons (Fsp3) is 0.846. The summed E-state index contributed by atoms with van der Waals surface area (Å²) in [5, 5.41) is 8.52. The second-order valence-electron chi connectivity index (χ2n) is 3.75. The standard InChI is InChI=1S/C6H12O3.C5H10O3.C2H6O/c1-6(7)9-5-3-4-8-2;1-4(6)3-8-5(2)7;1-3-2/h3-5H2,1-2H3;4,6H,3H2,1-2H3;1-2H3. The van der Waals surface area contributed by atoms with E-state index >= 15 is 0 Å². The Morgan fingerprint density at radius 3 is 1.70 bits per heavy atom. The number of hydrogen-bond acceptors (Lipinski definition) is 7. The van der Waals surface area contributed by atoms with Crippen molar-refractivity contribution >= 4 is 11.9 Å². The van der Waals surface area contributed by atoms with Gasteiger partial charge in [-0.3, -0.25) is 9.59 Å². The predicted octanol–water partition coefficient (Wildman–Crippen LogP) is 0.779. The van der Waals surface area contributed by atoms with Crippen LogP contribution in [0, 0.1) is 0 Å². The average Bonchev–Trinajstić information content (AvgIpc) is 2.34. The molecule has 1 N–H and O–H groups in total. The third-order valence-electron chi connectivity index (χ3n) is 1.33. The van der Waals surface area contributed by atoms with Gasteiger partial charge in [-0.05, 0) is 6.92 Å². The molecule has 7 heteroatoms. The van der Waals surface area contributed by atoms with Gasteiger partial charge in [-0.2, -0.15) is 0 Å². The molecule has 0 fully saturated rings. The third-order valence-corrected chi connectivity index (χ3v) is 1.33. The normalized spacial score (nSPS) is 10.2. The van der Waals surface area contributed by atoms with E-state index in [-0.39, 0.29) is 18.5 Å². The summed E-state index contributed by atoms with van der Waals surface area (Å²) in [6.45, 7) is 5.46. The Labute approximate surface area is 121 Å². The van der Waals surface area contributed by atoms with Gasteiger partial charge in [-0.25, -0.2) is 0 Å². The van der Waals surface area contributed by atoms with Crippen molar-refractivity contribution in [3.05, 3.63) is 0 Å². The highest BCUT2D eigenvalue weighted by atomic mass is 16.5. The van der Waals surface area contributed by atoms with Gasteiger partial charge in [0.15, 0.2) is 0 Å². The fourth-order valence-electron chi connectivity index (χ4n) is 0.657. The molecule has 0 rings (SSSR count). The zero-order valence-electron chi connectivity index (χ0n) is 13.3. The molecule has 0 spiro atoms. The molecule has 0 bridgehead atoms. The summed E-state index contributed by atoms with van der Waals surface area (Å²) in [4.78, 5) is 20.2. The van der Waals surface area contributed by atoms with E-state index < -0.39 is 6.10 Å². The highest BCUT2D eigenvalue weighted by Gasteiger charge is 1.96. The lowest BCUT2D eigenvalue weighted by atomic mass is 10.4. The molecule has 0 aromatic carbocycles. The Morgan fingerprint density at radius 1 is 1.00 bits per heavy atom. The fourth-order valence-corrected chi connectivity index (χ4v) is 0.657. The third kappa shape index (κ3) is 43.7. The van der Waals surface area contributed by atoms with Gasteiger partial charge in [0.2, 0.25) is 0 Å². The second-order valence-corrected chi connectivity index (χ2v) is 3.75. The van der Waals surface area contributed by atoms with Gasteiger partial charge in [0.25, 0.3) is 0 Å². The first-order chi connectivity index (χ1) is 9.31. The number of esters is 2. The van der Waals surface area contributed by atoms with Gasteiger partial charge in [0, 0.05) is 48.2 Å². The molecule has 1 atom stereocenters. The number of carbonyl (C=O) groups excluding carboxylic acids is 2. The summed E-state index contributed by atoms with van der Waals surface area (Å²) in [7, 11) is 4.87. The van der Waals surface area contributed by atoms with Crippen molar-refractivity contribution in [2.45, 2.75) is 33.3 Å². The first-order valence-electron chi connectivity index (χ1n) is 6.15. The van der Waals surface area contributed by atoms with Crippen LogP contribution in [-0.2, 0) is 28.5 Å². The molecule has 0 aliphatic carbocycles. The minimum Gasteiger partial charge on any atom is -0.466 e. The lowest BCUT2D eigenvalue weighted by molar-refractivity contribution is -0.143. The topological polar surface area (TPSA) is 91.3 Å². The summed E-state index contributed by atoms with van der Waals surface area (Å²) < 4.78 is 18.0. The van der Waals surface area contributed by atoms with Crippen molar-refractivity contribution in [1.82, 2.24) is 0 Å². The molecule has 0 radical (unpaired) electrons. The van der Waals surface area contributed by atoms with Crippen molar-refractivity contribution in [2.75, 3.05) is 41.2 Å². The van der Waals surface area contributed by atoms with E-state index in [4.69, 9.17) is 9.84 Å². The largest absolute Gasteiger partial charge is 0.466 e. The minimum absolute atomic E-state index is 0.0926. The molecule has 0 heterocycles. The minimum atomic E-state index is -0.557. The SMILES string of the molecule is CC(=O)OCC(C)O.COC.COCCCOC(C)=O. The van der Waals surface area contributed by atoms with Gasteiger partial charge in [-0.15, -0.1) is 0 Å². The highest BCUT2D eigenvalue weighted by Crippen LogP contribution is 1.83. The molecule has 0 aromatic rings. The maximum atomic E-state index is 10.1. The second kappa shape index (κ2) is 20.1. The van der Waals surface area contributed by atoms with Gasteiger partial charge in [0.1, 0.15) is 6.61 Å². The number of aliphatic hydroxyl groups excluding tert-OH is 1. The lowest BCUT2D eigenvalue weighted by Gasteiger charge is -2.01. The van der Waals surface area contributed by atoms with Crippen molar-refractivity contribution in [3.63, 3.8) is 0 Å². The van der Waals surface area contributed by atoms with Crippen LogP contribution in [0.4, 0.5) is 0 Å². The molecule has 0 amide bonds. The van der Waals surface area contributed by atoms with Crippen LogP contribution >= 0.6 is 0 Å². The molecular formula is C13H28O7. The maximum Gasteiger partial charge on any atom is 0.302 e. The van der Waals surface area contributed by atoms with Gasteiger partial charge in [0.05, 0.1) is 12.7 Å². The first-order valence-corrected chi connectivity index (χ1v) is 6.15. The van der Waals surface area contributed by atoms with Crippen LogP contribution < -0.4 is 0 Å². The van der Waals surface area contributed by atoms with Crippen molar-refractivity contribution < 1.29 is 33.6 Å². The predicted molar refractivity (Wildman–Crippen MR) is 74.4 cm³/mol. The number of aliphatic hydroxyl groups is 1. The number of rotatable bonds is 6. The average molecular weight is 296 g/mol. The quantitative estimate of drug-likeness (QED) is 0.572. The van der Waals surface area contributed by atoms with E-state index in [9.17, 15) is 9.59 Å². The van der Waals surface area contributed by atoms with Gasteiger partial charge in [-0.1, -0.05) is 0 Å². The summed E-state index contributed by atoms with van der Waals surface area (Å²) in [6, 6.07) is 0. The number of ether oxygens (including phenoxy) is 4. The van der Waals surface area contributed by atoms with Crippen LogP contribution in [0.25, 0.3) is 0 Å². The van der Waals surface area contributed by atoms with E-state index in [0.29, 0.717) is 13.2 Å². The van der Waals surface area contributed by atoms with Crippen LogP contribution in [0.2, 0.25) is 0 Å². The van der Waals surface area contributed by atoms with Crippen LogP contribution in [0.15, 0.2) is 0 Å². The van der Waals surface area contributed by atoms with Crippen LogP contribution in [0.3, 0.4) is 0 Å². The monoisotopic (exact) mass is 296 g/mol. The molecule has 0 aromatic heterocycles. The van der Waals surface area contributed by atoms with Gasteiger partial charge >= 0.3 is 11.9 Å². The maximum absolute atomic E-state index is 10.1. The number of hydrogen-bond donors (Lipinski definition) is 1. The number of methoxy groups -OCH3 is 2. The van der Waals surface area contributed by atoms with E-state index in [1.54, 1.807) is 28.3 Å². The highest BCUT2D eigenvalue weighted by molar-refractivity contribution is 5.66. The summed E-state index contributed by atoms with van der Waals surface area (Å²) >= 11 is 0. The molecule has 0 saturated carbocycles. The zero-order valence-corrected chi connectivity index (χ0v) is 13.3. The Kier molecular flexibility index (Phi) is 24.1. The van der Waals surface area contributed by atoms with Crippen molar-refractivity contribution in [3.8, 4) is 0 Å². The molecular weight excluding hydrogens is 268 g/mol. The van der Waals surface area contributed by atoms with E-state index in [2.05, 4.69) is 14.2 Å².